The lowest BCUT2D eigenvalue weighted by Crippen LogP contribution is -2.51. The average molecular weight is 325 g/mol. The van der Waals surface area contributed by atoms with Crippen LogP contribution in [0.4, 0.5) is 0 Å². The van der Waals surface area contributed by atoms with Crippen molar-refractivity contribution < 1.29 is 8.42 Å². The van der Waals surface area contributed by atoms with Crippen molar-refractivity contribution in [3.05, 3.63) is 17.0 Å². The molecule has 0 unspecified atom stereocenters. The molecule has 1 aromatic heterocycles. The van der Waals surface area contributed by atoms with E-state index >= 15 is 0 Å². The van der Waals surface area contributed by atoms with Crippen LogP contribution >= 0.6 is 23.7 Å². The Kier molecular flexibility index (Phi) is 5.82. The number of hydrogen-bond acceptors (Lipinski definition) is 4. The van der Waals surface area contributed by atoms with Crippen molar-refractivity contribution in [3.8, 4) is 0 Å². The highest BCUT2D eigenvalue weighted by atomic mass is 35.5. The van der Waals surface area contributed by atoms with Crippen LogP contribution in [0.3, 0.4) is 0 Å². The number of sulfonamides is 1. The molecule has 0 spiro atoms. The molecule has 0 saturated heterocycles. The minimum Gasteiger partial charge on any atom is -0.329 e. The maximum atomic E-state index is 12.3. The van der Waals surface area contributed by atoms with E-state index in [4.69, 9.17) is 5.73 Å². The van der Waals surface area contributed by atoms with E-state index in [2.05, 4.69) is 4.72 Å². The zero-order valence-electron chi connectivity index (χ0n) is 11.0. The molecular weight excluding hydrogens is 304 g/mol. The van der Waals surface area contributed by atoms with Crippen molar-refractivity contribution in [1.82, 2.24) is 4.72 Å². The summed E-state index contributed by atoms with van der Waals surface area (Å²) in [6, 6.07) is 3.56. The smallest absolute Gasteiger partial charge is 0.250 e. The fourth-order valence-electron chi connectivity index (χ4n) is 2.43. The van der Waals surface area contributed by atoms with Crippen LogP contribution < -0.4 is 10.5 Å². The third-order valence-electron chi connectivity index (χ3n) is 3.55. The van der Waals surface area contributed by atoms with E-state index in [1.54, 1.807) is 6.07 Å². The quantitative estimate of drug-likeness (QED) is 0.872. The number of hydrogen-bond donors (Lipinski definition) is 2. The van der Waals surface area contributed by atoms with Crippen LogP contribution in [0.1, 0.15) is 37.5 Å². The summed E-state index contributed by atoms with van der Waals surface area (Å²) in [7, 11) is -3.41. The zero-order valence-corrected chi connectivity index (χ0v) is 13.5. The van der Waals surface area contributed by atoms with Crippen LogP contribution in [0.15, 0.2) is 16.3 Å². The Morgan fingerprint density at radius 1 is 1.37 bits per heavy atom. The average Bonchev–Trinajstić information content (AvgIpc) is 2.97. The summed E-state index contributed by atoms with van der Waals surface area (Å²) in [5.74, 6) is 0. The standard InChI is InChI=1S/C12H20N2O2S2.ClH/c1-2-10-5-6-11(17-10)18(15,16)14-12(9-13)7-3-4-8-12;/h5-6,14H,2-4,7-9,13H2,1H3;1H. The molecule has 2 rings (SSSR count). The van der Waals surface area contributed by atoms with Gasteiger partial charge in [-0.1, -0.05) is 19.8 Å². The molecule has 0 atom stereocenters. The van der Waals surface area contributed by atoms with Crippen molar-refractivity contribution in [2.75, 3.05) is 6.54 Å². The molecule has 1 aliphatic carbocycles. The molecule has 0 amide bonds. The van der Waals surface area contributed by atoms with E-state index in [1.165, 1.54) is 11.3 Å². The van der Waals surface area contributed by atoms with Gasteiger partial charge in [0.15, 0.2) is 0 Å². The molecule has 110 valence electrons. The lowest BCUT2D eigenvalue weighted by molar-refractivity contribution is 0.400. The molecule has 1 fully saturated rings. The summed E-state index contributed by atoms with van der Waals surface area (Å²) in [6.07, 6.45) is 4.64. The van der Waals surface area contributed by atoms with Gasteiger partial charge in [-0.3, -0.25) is 0 Å². The van der Waals surface area contributed by atoms with E-state index in [9.17, 15) is 8.42 Å². The largest absolute Gasteiger partial charge is 0.329 e. The molecule has 7 heteroatoms. The van der Waals surface area contributed by atoms with Gasteiger partial charge in [-0.15, -0.1) is 23.7 Å². The summed E-state index contributed by atoms with van der Waals surface area (Å²) in [4.78, 5) is 1.09. The predicted octanol–water partition coefficient (Wildman–Crippen LogP) is 2.28. The molecule has 19 heavy (non-hydrogen) atoms. The molecule has 1 aliphatic rings. The molecule has 1 heterocycles. The fraction of sp³-hybridized carbons (Fsp3) is 0.667. The van der Waals surface area contributed by atoms with Gasteiger partial charge in [0.2, 0.25) is 0 Å². The second-order valence-corrected chi connectivity index (χ2v) is 7.95. The zero-order chi connectivity index (χ0) is 13.2. The van der Waals surface area contributed by atoms with Crippen LogP contribution in [-0.4, -0.2) is 20.5 Å². The number of rotatable bonds is 5. The number of halogens is 1. The Hall–Kier alpha value is -0.140. The van der Waals surface area contributed by atoms with Crippen molar-refractivity contribution in [1.29, 1.82) is 0 Å². The third-order valence-corrected chi connectivity index (χ3v) is 6.85. The molecule has 0 aliphatic heterocycles. The molecule has 1 saturated carbocycles. The molecule has 0 bridgehead atoms. The Labute approximate surface area is 125 Å². The van der Waals surface area contributed by atoms with E-state index in [1.807, 2.05) is 13.0 Å². The van der Waals surface area contributed by atoms with Gasteiger partial charge in [0.25, 0.3) is 10.0 Å². The third kappa shape index (κ3) is 3.70. The Balaban J connectivity index is 0.00000180. The van der Waals surface area contributed by atoms with Gasteiger partial charge in [0.05, 0.1) is 0 Å². The van der Waals surface area contributed by atoms with E-state index < -0.39 is 15.6 Å². The second-order valence-electron chi connectivity index (χ2n) is 4.87. The van der Waals surface area contributed by atoms with Gasteiger partial charge in [-0.25, -0.2) is 13.1 Å². The Morgan fingerprint density at radius 3 is 2.47 bits per heavy atom. The van der Waals surface area contributed by atoms with E-state index in [0.29, 0.717) is 10.8 Å². The first kappa shape index (κ1) is 16.9. The van der Waals surface area contributed by atoms with Crippen LogP contribution in [0.25, 0.3) is 0 Å². The maximum Gasteiger partial charge on any atom is 0.250 e. The number of aryl methyl sites for hydroxylation is 1. The molecule has 0 radical (unpaired) electrons. The highest BCUT2D eigenvalue weighted by Crippen LogP contribution is 2.31. The molecule has 1 aromatic rings. The summed E-state index contributed by atoms with van der Waals surface area (Å²) < 4.78 is 27.9. The first-order valence-electron chi connectivity index (χ1n) is 6.34. The minimum absolute atomic E-state index is 0. The van der Waals surface area contributed by atoms with Crippen LogP contribution in [-0.2, 0) is 16.4 Å². The summed E-state index contributed by atoms with van der Waals surface area (Å²) >= 11 is 1.34. The Bertz CT molecular complexity index is 508. The van der Waals surface area contributed by atoms with E-state index in [-0.39, 0.29) is 12.4 Å². The van der Waals surface area contributed by atoms with Gasteiger partial charge in [-0.05, 0) is 31.4 Å². The van der Waals surface area contributed by atoms with Gasteiger partial charge in [0.1, 0.15) is 4.21 Å². The van der Waals surface area contributed by atoms with Crippen molar-refractivity contribution in [2.45, 2.75) is 48.8 Å². The van der Waals surface area contributed by atoms with Gasteiger partial charge < -0.3 is 5.73 Å². The highest BCUT2D eigenvalue weighted by Gasteiger charge is 2.37. The van der Waals surface area contributed by atoms with Crippen molar-refractivity contribution >= 4 is 33.8 Å². The SMILES string of the molecule is CCc1ccc(S(=O)(=O)NC2(CN)CCCC2)s1.Cl. The highest BCUT2D eigenvalue weighted by molar-refractivity contribution is 7.91. The monoisotopic (exact) mass is 324 g/mol. The summed E-state index contributed by atoms with van der Waals surface area (Å²) in [6.45, 7) is 2.40. The van der Waals surface area contributed by atoms with Gasteiger partial charge >= 0.3 is 0 Å². The molecule has 4 nitrogen and oxygen atoms in total. The molecule has 3 N–H and O–H groups in total. The van der Waals surface area contributed by atoms with Crippen LogP contribution in [0.5, 0.6) is 0 Å². The number of nitrogens with two attached hydrogens (primary N) is 1. The van der Waals surface area contributed by atoms with Crippen LogP contribution in [0, 0.1) is 0 Å². The minimum atomic E-state index is -3.41. The normalized spacial score (nSPS) is 18.2. The summed E-state index contributed by atoms with van der Waals surface area (Å²) in [5, 5.41) is 0. The first-order chi connectivity index (χ1) is 8.51. The summed E-state index contributed by atoms with van der Waals surface area (Å²) in [5.41, 5.74) is 5.34. The van der Waals surface area contributed by atoms with Gasteiger partial charge in [-0.2, -0.15) is 0 Å². The second kappa shape index (κ2) is 6.54. The molecule has 0 aromatic carbocycles. The Morgan fingerprint density at radius 2 is 2.00 bits per heavy atom. The first-order valence-corrected chi connectivity index (χ1v) is 8.64. The van der Waals surface area contributed by atoms with Crippen molar-refractivity contribution in [3.63, 3.8) is 0 Å². The topological polar surface area (TPSA) is 72.2 Å². The molecular formula is C12H21ClN2O2S2. The number of thiophene rings is 1. The fourth-order valence-corrected chi connectivity index (χ4v) is 5.19. The van der Waals surface area contributed by atoms with Crippen LogP contribution in [0.2, 0.25) is 0 Å². The maximum absolute atomic E-state index is 12.3. The van der Waals surface area contributed by atoms with E-state index in [0.717, 1.165) is 37.0 Å². The number of nitrogens with one attached hydrogen (secondary N) is 1. The lowest BCUT2D eigenvalue weighted by atomic mass is 10.0. The predicted molar refractivity (Wildman–Crippen MR) is 81.5 cm³/mol. The van der Waals surface area contributed by atoms with Gasteiger partial charge in [0, 0.05) is 17.0 Å². The lowest BCUT2D eigenvalue weighted by Gasteiger charge is -2.27. The van der Waals surface area contributed by atoms with Crippen molar-refractivity contribution in [2.24, 2.45) is 5.73 Å².